The summed E-state index contributed by atoms with van der Waals surface area (Å²) in [4.78, 5) is 28.6. The standard InChI is InChI=1S/C20H31N3O4/c1-6-7-16-14-22(19(25)27-20(2,3)4)12-13-23(16)18(24)21-15-8-10-17(26-5)11-9-15/h8-11,16H,6-7,12-14H2,1-5H3,(H,21,24)/t16-/m0/s1. The molecule has 1 aliphatic heterocycles. The van der Waals surface area contributed by atoms with Gasteiger partial charge in [0.05, 0.1) is 13.2 Å². The van der Waals surface area contributed by atoms with Gasteiger partial charge in [-0.3, -0.25) is 0 Å². The molecule has 7 heteroatoms. The highest BCUT2D eigenvalue weighted by Crippen LogP contribution is 2.20. The average Bonchev–Trinajstić information content (AvgIpc) is 2.61. The lowest BCUT2D eigenvalue weighted by Gasteiger charge is -2.41. The number of nitrogens with zero attached hydrogens (tertiary/aromatic N) is 2. The van der Waals surface area contributed by atoms with Crippen molar-refractivity contribution >= 4 is 17.8 Å². The summed E-state index contributed by atoms with van der Waals surface area (Å²) in [6, 6.07) is 7.04. The summed E-state index contributed by atoms with van der Waals surface area (Å²) in [6.07, 6.45) is 1.44. The maximum atomic E-state index is 12.8. The van der Waals surface area contributed by atoms with Crippen LogP contribution in [-0.4, -0.2) is 60.3 Å². The van der Waals surface area contributed by atoms with Gasteiger partial charge in [0.2, 0.25) is 0 Å². The maximum absolute atomic E-state index is 12.8. The lowest BCUT2D eigenvalue weighted by atomic mass is 10.1. The summed E-state index contributed by atoms with van der Waals surface area (Å²) >= 11 is 0. The average molecular weight is 377 g/mol. The number of rotatable bonds is 4. The third-order valence-corrected chi connectivity index (χ3v) is 4.36. The molecule has 1 aromatic carbocycles. The van der Waals surface area contributed by atoms with E-state index >= 15 is 0 Å². The quantitative estimate of drug-likeness (QED) is 0.862. The lowest BCUT2D eigenvalue weighted by molar-refractivity contribution is 0.00899. The molecule has 1 heterocycles. The molecule has 2 rings (SSSR count). The monoisotopic (exact) mass is 377 g/mol. The Labute approximate surface area is 161 Å². The number of hydrogen-bond acceptors (Lipinski definition) is 4. The van der Waals surface area contributed by atoms with Crippen molar-refractivity contribution in [2.75, 3.05) is 32.1 Å². The summed E-state index contributed by atoms with van der Waals surface area (Å²) in [5.74, 6) is 0.739. The van der Waals surface area contributed by atoms with Gasteiger partial charge in [-0.05, 0) is 51.5 Å². The van der Waals surface area contributed by atoms with Crippen LogP contribution >= 0.6 is 0 Å². The summed E-state index contributed by atoms with van der Waals surface area (Å²) in [6.45, 7) is 9.06. The van der Waals surface area contributed by atoms with E-state index in [2.05, 4.69) is 12.2 Å². The van der Waals surface area contributed by atoms with Gasteiger partial charge in [0.1, 0.15) is 11.4 Å². The number of nitrogens with one attached hydrogen (secondary N) is 1. The Balaban J connectivity index is 2.01. The molecule has 0 saturated carbocycles. The van der Waals surface area contributed by atoms with E-state index < -0.39 is 5.60 Å². The van der Waals surface area contributed by atoms with Gasteiger partial charge < -0.3 is 24.6 Å². The number of anilines is 1. The zero-order valence-corrected chi connectivity index (χ0v) is 16.9. The second-order valence-corrected chi connectivity index (χ2v) is 7.72. The van der Waals surface area contributed by atoms with E-state index in [4.69, 9.17) is 9.47 Å². The number of carbonyl (C=O) groups is 2. The van der Waals surface area contributed by atoms with E-state index in [0.29, 0.717) is 25.3 Å². The summed E-state index contributed by atoms with van der Waals surface area (Å²) < 4.78 is 10.6. The zero-order chi connectivity index (χ0) is 20.0. The Kier molecular flexibility index (Phi) is 6.93. The molecule has 7 nitrogen and oxygen atoms in total. The first-order chi connectivity index (χ1) is 12.7. The number of piperazine rings is 1. The predicted octanol–water partition coefficient (Wildman–Crippen LogP) is 3.95. The number of methoxy groups -OCH3 is 1. The number of carbonyl (C=O) groups excluding carboxylic acids is 2. The van der Waals surface area contributed by atoms with Crippen LogP contribution in [-0.2, 0) is 4.74 Å². The van der Waals surface area contributed by atoms with Gasteiger partial charge in [0, 0.05) is 25.3 Å². The van der Waals surface area contributed by atoms with Crippen molar-refractivity contribution in [1.29, 1.82) is 0 Å². The fraction of sp³-hybridized carbons (Fsp3) is 0.600. The zero-order valence-electron chi connectivity index (χ0n) is 16.9. The fourth-order valence-electron chi connectivity index (χ4n) is 3.06. The summed E-state index contributed by atoms with van der Waals surface area (Å²) in [5, 5.41) is 2.93. The van der Waals surface area contributed by atoms with Gasteiger partial charge in [0.25, 0.3) is 0 Å². The normalized spacial score (nSPS) is 17.4. The predicted molar refractivity (Wildman–Crippen MR) is 105 cm³/mol. The van der Waals surface area contributed by atoms with Crippen LogP contribution in [0.1, 0.15) is 40.5 Å². The van der Waals surface area contributed by atoms with Crippen molar-refractivity contribution in [3.05, 3.63) is 24.3 Å². The Morgan fingerprint density at radius 3 is 2.41 bits per heavy atom. The second kappa shape index (κ2) is 8.97. The van der Waals surface area contributed by atoms with E-state index in [1.807, 2.05) is 37.8 Å². The van der Waals surface area contributed by atoms with Gasteiger partial charge in [-0.1, -0.05) is 13.3 Å². The molecule has 0 unspecified atom stereocenters. The van der Waals surface area contributed by atoms with Crippen molar-refractivity contribution in [2.45, 2.75) is 52.2 Å². The third-order valence-electron chi connectivity index (χ3n) is 4.36. The first-order valence-electron chi connectivity index (χ1n) is 9.43. The Morgan fingerprint density at radius 1 is 1.19 bits per heavy atom. The smallest absolute Gasteiger partial charge is 0.410 e. The molecule has 0 spiro atoms. The van der Waals surface area contributed by atoms with E-state index in [-0.39, 0.29) is 18.2 Å². The highest BCUT2D eigenvalue weighted by atomic mass is 16.6. The molecule has 27 heavy (non-hydrogen) atoms. The molecule has 150 valence electrons. The molecule has 1 aromatic rings. The SMILES string of the molecule is CCC[C@H]1CN(C(=O)OC(C)(C)C)CCN1C(=O)Nc1ccc(OC)cc1. The maximum Gasteiger partial charge on any atom is 0.410 e. The Hall–Kier alpha value is -2.44. The molecule has 0 aromatic heterocycles. The van der Waals surface area contributed by atoms with E-state index in [9.17, 15) is 9.59 Å². The molecule has 1 saturated heterocycles. The van der Waals surface area contributed by atoms with Crippen LogP contribution in [0.5, 0.6) is 5.75 Å². The molecule has 1 atom stereocenters. The number of hydrogen-bond donors (Lipinski definition) is 1. The molecule has 1 fully saturated rings. The minimum absolute atomic E-state index is 0.0329. The molecule has 1 N–H and O–H groups in total. The second-order valence-electron chi connectivity index (χ2n) is 7.72. The summed E-state index contributed by atoms with van der Waals surface area (Å²) in [5.41, 5.74) is 0.186. The fourth-order valence-corrected chi connectivity index (χ4v) is 3.06. The largest absolute Gasteiger partial charge is 0.497 e. The van der Waals surface area contributed by atoms with Crippen LogP contribution in [0.4, 0.5) is 15.3 Å². The van der Waals surface area contributed by atoms with Crippen LogP contribution < -0.4 is 10.1 Å². The number of urea groups is 1. The van der Waals surface area contributed by atoms with Crippen LogP contribution in [0.25, 0.3) is 0 Å². The third kappa shape index (κ3) is 6.05. The van der Waals surface area contributed by atoms with E-state index in [0.717, 1.165) is 18.6 Å². The lowest BCUT2D eigenvalue weighted by Crippen LogP contribution is -2.58. The molecule has 0 bridgehead atoms. The number of amides is 3. The number of ether oxygens (including phenoxy) is 2. The molecule has 0 radical (unpaired) electrons. The Morgan fingerprint density at radius 2 is 1.85 bits per heavy atom. The first kappa shape index (κ1) is 20.9. The van der Waals surface area contributed by atoms with Crippen LogP contribution in [0.15, 0.2) is 24.3 Å². The molecule has 1 aliphatic rings. The van der Waals surface area contributed by atoms with E-state index in [1.54, 1.807) is 24.1 Å². The van der Waals surface area contributed by atoms with Crippen molar-refractivity contribution in [3.8, 4) is 5.75 Å². The van der Waals surface area contributed by atoms with Gasteiger partial charge >= 0.3 is 12.1 Å². The molecular formula is C20H31N3O4. The topological polar surface area (TPSA) is 71.1 Å². The van der Waals surface area contributed by atoms with Crippen molar-refractivity contribution < 1.29 is 19.1 Å². The van der Waals surface area contributed by atoms with Crippen LogP contribution in [0.3, 0.4) is 0 Å². The van der Waals surface area contributed by atoms with Gasteiger partial charge in [0.15, 0.2) is 0 Å². The first-order valence-corrected chi connectivity index (χ1v) is 9.43. The minimum Gasteiger partial charge on any atom is -0.497 e. The molecule has 3 amide bonds. The number of benzene rings is 1. The Bertz CT molecular complexity index is 640. The summed E-state index contributed by atoms with van der Waals surface area (Å²) in [7, 11) is 1.60. The molecule has 0 aliphatic carbocycles. The van der Waals surface area contributed by atoms with Gasteiger partial charge in [-0.25, -0.2) is 9.59 Å². The van der Waals surface area contributed by atoms with Gasteiger partial charge in [-0.15, -0.1) is 0 Å². The van der Waals surface area contributed by atoms with E-state index in [1.165, 1.54) is 0 Å². The van der Waals surface area contributed by atoms with Crippen LogP contribution in [0, 0.1) is 0 Å². The molecular weight excluding hydrogens is 346 g/mol. The highest BCUT2D eigenvalue weighted by Gasteiger charge is 2.33. The van der Waals surface area contributed by atoms with Crippen molar-refractivity contribution in [2.24, 2.45) is 0 Å². The van der Waals surface area contributed by atoms with Gasteiger partial charge in [-0.2, -0.15) is 0 Å². The van der Waals surface area contributed by atoms with Crippen LogP contribution in [0.2, 0.25) is 0 Å². The minimum atomic E-state index is -0.528. The van der Waals surface area contributed by atoms with Crippen molar-refractivity contribution in [3.63, 3.8) is 0 Å². The van der Waals surface area contributed by atoms with Crippen molar-refractivity contribution in [1.82, 2.24) is 9.80 Å². The highest BCUT2D eigenvalue weighted by molar-refractivity contribution is 5.89.